The average molecular weight is 240 g/mol. The summed E-state index contributed by atoms with van der Waals surface area (Å²) >= 11 is 5.62. The molecule has 3 nitrogen and oxygen atoms in total. The number of nitrogens with two attached hydrogens (primary N) is 1. The molecule has 0 spiro atoms. The van der Waals surface area contributed by atoms with Crippen molar-refractivity contribution >= 4 is 28.8 Å². The van der Waals surface area contributed by atoms with E-state index in [4.69, 9.17) is 17.3 Å². The lowest BCUT2D eigenvalue weighted by Crippen LogP contribution is -2.14. The van der Waals surface area contributed by atoms with Crippen molar-refractivity contribution in [3.05, 3.63) is 23.8 Å². The summed E-state index contributed by atoms with van der Waals surface area (Å²) in [6.45, 7) is 6.22. The highest BCUT2D eigenvalue weighted by Gasteiger charge is 2.06. The van der Waals surface area contributed by atoms with Crippen LogP contribution in [0.5, 0.6) is 0 Å². The van der Waals surface area contributed by atoms with Gasteiger partial charge >= 0.3 is 0 Å². The van der Waals surface area contributed by atoms with Crippen molar-refractivity contribution < 1.29 is 0 Å². The molecule has 0 saturated heterocycles. The van der Waals surface area contributed by atoms with Crippen molar-refractivity contribution in [2.24, 2.45) is 10.7 Å². The van der Waals surface area contributed by atoms with Crippen LogP contribution in [0.15, 0.2) is 23.2 Å². The summed E-state index contributed by atoms with van der Waals surface area (Å²) in [6.07, 6.45) is 0. The number of nitrogens with zero attached hydrogens (tertiary/aromatic N) is 1. The number of nitrogens with one attached hydrogen (secondary N) is 1. The van der Waals surface area contributed by atoms with E-state index in [0.29, 0.717) is 11.9 Å². The third kappa shape index (κ3) is 3.42. The number of amidine groups is 1. The molecule has 1 rings (SSSR count). The van der Waals surface area contributed by atoms with E-state index in [1.807, 2.05) is 25.1 Å². The first-order chi connectivity index (χ1) is 7.54. The Morgan fingerprint density at radius 3 is 2.75 bits per heavy atom. The minimum absolute atomic E-state index is 0.245. The molecule has 0 bridgehead atoms. The number of para-hydroxylation sites is 1. The molecule has 0 unspecified atom stereocenters. The van der Waals surface area contributed by atoms with Gasteiger partial charge in [-0.1, -0.05) is 12.1 Å². The van der Waals surface area contributed by atoms with E-state index in [9.17, 15) is 0 Å². The van der Waals surface area contributed by atoms with Crippen molar-refractivity contribution in [2.75, 3.05) is 11.2 Å². The number of hydrogen-bond acceptors (Lipinski definition) is 2. The third-order valence-corrected chi connectivity index (χ3v) is 2.36. The second-order valence-electron chi connectivity index (χ2n) is 4.00. The van der Waals surface area contributed by atoms with E-state index in [0.717, 1.165) is 16.9 Å². The summed E-state index contributed by atoms with van der Waals surface area (Å²) in [4.78, 5) is 4.29. The van der Waals surface area contributed by atoms with Gasteiger partial charge in [-0.25, -0.2) is 4.99 Å². The number of alkyl halides is 1. The van der Waals surface area contributed by atoms with E-state index in [-0.39, 0.29) is 5.88 Å². The van der Waals surface area contributed by atoms with Gasteiger partial charge in [-0.3, -0.25) is 0 Å². The number of aliphatic imine (C=N–C) groups is 1. The van der Waals surface area contributed by atoms with Crippen LogP contribution in [0.2, 0.25) is 0 Å². The highest BCUT2D eigenvalue weighted by Crippen LogP contribution is 2.29. The molecule has 0 heterocycles. The quantitative estimate of drug-likeness (QED) is 0.482. The summed E-state index contributed by atoms with van der Waals surface area (Å²) in [6, 6.07) is 6.28. The molecule has 0 fully saturated rings. The lowest BCUT2D eigenvalue weighted by atomic mass is 10.1. The second-order valence-corrected chi connectivity index (χ2v) is 4.27. The van der Waals surface area contributed by atoms with Gasteiger partial charge in [0.25, 0.3) is 0 Å². The molecule has 88 valence electrons. The van der Waals surface area contributed by atoms with Crippen LogP contribution in [-0.4, -0.2) is 17.8 Å². The SMILES string of the molecule is Cc1cccc(N=C(N)CCl)c1NC(C)C. The molecule has 0 aliphatic rings. The topological polar surface area (TPSA) is 50.4 Å². The molecular formula is C12H18ClN3. The minimum Gasteiger partial charge on any atom is -0.386 e. The van der Waals surface area contributed by atoms with Crippen LogP contribution in [0, 0.1) is 6.92 Å². The van der Waals surface area contributed by atoms with Gasteiger partial charge < -0.3 is 11.1 Å². The van der Waals surface area contributed by atoms with E-state index in [1.165, 1.54) is 0 Å². The predicted molar refractivity (Wildman–Crippen MR) is 71.9 cm³/mol. The molecule has 0 amide bonds. The zero-order chi connectivity index (χ0) is 12.1. The van der Waals surface area contributed by atoms with Gasteiger partial charge in [-0.2, -0.15) is 0 Å². The van der Waals surface area contributed by atoms with Crippen molar-refractivity contribution in [3.63, 3.8) is 0 Å². The Kier molecular flexibility index (Phi) is 4.62. The maximum absolute atomic E-state index is 5.65. The Bertz CT molecular complexity index is 386. The first-order valence-corrected chi connectivity index (χ1v) is 5.83. The van der Waals surface area contributed by atoms with Gasteiger partial charge in [0.2, 0.25) is 0 Å². The van der Waals surface area contributed by atoms with Crippen LogP contribution in [0.1, 0.15) is 19.4 Å². The summed E-state index contributed by atoms with van der Waals surface area (Å²) < 4.78 is 0. The normalized spacial score (nSPS) is 11.9. The highest BCUT2D eigenvalue weighted by atomic mass is 35.5. The highest BCUT2D eigenvalue weighted by molar-refractivity contribution is 6.28. The Labute approximate surface area is 102 Å². The summed E-state index contributed by atoms with van der Waals surface area (Å²) in [5.74, 6) is 0.675. The van der Waals surface area contributed by atoms with Crippen LogP contribution in [0.3, 0.4) is 0 Å². The first-order valence-electron chi connectivity index (χ1n) is 5.29. The van der Waals surface area contributed by atoms with E-state index in [2.05, 4.69) is 24.2 Å². The van der Waals surface area contributed by atoms with E-state index < -0.39 is 0 Å². The van der Waals surface area contributed by atoms with Crippen LogP contribution in [0.25, 0.3) is 0 Å². The minimum atomic E-state index is 0.245. The fourth-order valence-corrected chi connectivity index (χ4v) is 1.47. The van der Waals surface area contributed by atoms with Crippen molar-refractivity contribution in [2.45, 2.75) is 26.8 Å². The Balaban J connectivity index is 3.12. The molecule has 4 heteroatoms. The van der Waals surface area contributed by atoms with Crippen LogP contribution < -0.4 is 11.1 Å². The number of hydrogen-bond donors (Lipinski definition) is 2. The zero-order valence-corrected chi connectivity index (χ0v) is 10.7. The molecule has 1 aromatic carbocycles. The van der Waals surface area contributed by atoms with Gasteiger partial charge in [0.15, 0.2) is 0 Å². The number of rotatable bonds is 4. The predicted octanol–water partition coefficient (Wildman–Crippen LogP) is 3.04. The molecule has 1 aromatic rings. The lowest BCUT2D eigenvalue weighted by molar-refractivity contribution is 0.897. The van der Waals surface area contributed by atoms with Crippen LogP contribution in [-0.2, 0) is 0 Å². The summed E-state index contributed by atoms with van der Waals surface area (Å²) in [5, 5.41) is 3.37. The zero-order valence-electron chi connectivity index (χ0n) is 9.92. The largest absolute Gasteiger partial charge is 0.386 e. The molecule has 0 saturated carbocycles. The Morgan fingerprint density at radius 2 is 2.19 bits per heavy atom. The van der Waals surface area contributed by atoms with E-state index >= 15 is 0 Å². The molecule has 16 heavy (non-hydrogen) atoms. The number of aryl methyl sites for hydroxylation is 1. The molecule has 0 aromatic heterocycles. The smallest absolute Gasteiger partial charge is 0.115 e. The fourth-order valence-electron chi connectivity index (χ4n) is 1.41. The monoisotopic (exact) mass is 239 g/mol. The van der Waals surface area contributed by atoms with Gasteiger partial charge in [0.05, 0.1) is 17.3 Å². The van der Waals surface area contributed by atoms with Crippen LogP contribution in [0.4, 0.5) is 11.4 Å². The molecule has 0 aliphatic heterocycles. The van der Waals surface area contributed by atoms with Gasteiger partial charge in [0, 0.05) is 6.04 Å². The molecular weight excluding hydrogens is 222 g/mol. The number of halogens is 1. The molecule has 0 aliphatic carbocycles. The maximum Gasteiger partial charge on any atom is 0.115 e. The van der Waals surface area contributed by atoms with Gasteiger partial charge in [-0.15, -0.1) is 11.6 Å². The molecule has 3 N–H and O–H groups in total. The molecule has 0 radical (unpaired) electrons. The number of benzene rings is 1. The van der Waals surface area contributed by atoms with Crippen LogP contribution >= 0.6 is 11.6 Å². The van der Waals surface area contributed by atoms with E-state index in [1.54, 1.807) is 0 Å². The Hall–Kier alpha value is -1.22. The van der Waals surface area contributed by atoms with Crippen molar-refractivity contribution in [1.82, 2.24) is 0 Å². The van der Waals surface area contributed by atoms with Crippen molar-refractivity contribution in [1.29, 1.82) is 0 Å². The maximum atomic E-state index is 5.65. The standard InChI is InChI=1S/C12H18ClN3/c1-8(2)15-12-9(3)5-4-6-10(12)16-11(14)7-13/h4-6,8,15H,7H2,1-3H3,(H2,14,16). The van der Waals surface area contributed by atoms with Gasteiger partial charge in [-0.05, 0) is 32.4 Å². The fraction of sp³-hybridized carbons (Fsp3) is 0.417. The lowest BCUT2D eigenvalue weighted by Gasteiger charge is -2.15. The van der Waals surface area contributed by atoms with Crippen molar-refractivity contribution in [3.8, 4) is 0 Å². The van der Waals surface area contributed by atoms with Gasteiger partial charge in [0.1, 0.15) is 5.84 Å². The average Bonchev–Trinajstić information content (AvgIpc) is 2.22. The first kappa shape index (κ1) is 12.8. The third-order valence-electron chi connectivity index (χ3n) is 2.08. The summed E-state index contributed by atoms with van der Waals surface area (Å²) in [5.41, 5.74) is 8.65. The number of anilines is 1. The Morgan fingerprint density at radius 1 is 1.50 bits per heavy atom. The summed E-state index contributed by atoms with van der Waals surface area (Å²) in [7, 11) is 0. The second kappa shape index (κ2) is 5.75. The molecule has 0 atom stereocenters.